The molecule has 0 bridgehead atoms. The van der Waals surface area contributed by atoms with Gasteiger partial charge in [0.05, 0.1) is 6.21 Å². The molecule has 3 rings (SSSR count). The van der Waals surface area contributed by atoms with E-state index in [1.165, 1.54) is 18.3 Å². The van der Waals surface area contributed by atoms with Crippen LogP contribution in [-0.2, 0) is 16.2 Å². The van der Waals surface area contributed by atoms with E-state index in [1.54, 1.807) is 48.5 Å². The van der Waals surface area contributed by atoms with Gasteiger partial charge in [-0.3, -0.25) is 9.59 Å². The molecule has 0 fully saturated rings. The Kier molecular flexibility index (Phi) is 7.11. The highest BCUT2D eigenvalue weighted by molar-refractivity contribution is 6.39. The van der Waals surface area contributed by atoms with Gasteiger partial charge < -0.3 is 10.1 Å². The first-order chi connectivity index (χ1) is 14.9. The summed E-state index contributed by atoms with van der Waals surface area (Å²) in [4.78, 5) is 24.1. The number of hydrogen-bond acceptors (Lipinski definition) is 4. The summed E-state index contributed by atoms with van der Waals surface area (Å²) in [6.07, 6.45) is 1.39. The lowest BCUT2D eigenvalue weighted by Gasteiger charge is -2.09. The second-order valence-electron chi connectivity index (χ2n) is 6.91. The van der Waals surface area contributed by atoms with Crippen molar-refractivity contribution in [1.82, 2.24) is 5.43 Å². The quantitative estimate of drug-likeness (QED) is 0.359. The molecular formula is C24H22FN3O3. The van der Waals surface area contributed by atoms with E-state index < -0.39 is 11.8 Å². The zero-order valence-corrected chi connectivity index (χ0v) is 17.2. The fourth-order valence-electron chi connectivity index (χ4n) is 2.68. The summed E-state index contributed by atoms with van der Waals surface area (Å²) in [6.45, 7) is 4.13. The third kappa shape index (κ3) is 6.24. The van der Waals surface area contributed by atoms with Crippen LogP contribution >= 0.6 is 0 Å². The van der Waals surface area contributed by atoms with E-state index in [9.17, 15) is 14.0 Å². The highest BCUT2D eigenvalue weighted by atomic mass is 19.1. The lowest BCUT2D eigenvalue weighted by atomic mass is 10.1. The number of ether oxygens (including phenoxy) is 1. The standard InChI is InChI=1S/C24H22FN3O3/c1-16-7-12-21(13-17(16)2)27-23(29)24(30)28-26-14-19-5-3-4-6-22(19)31-15-18-8-10-20(25)11-9-18/h3-14H,15H2,1-2H3,(H,27,29)(H,28,30)/b26-14-. The van der Waals surface area contributed by atoms with Crippen LogP contribution in [0.5, 0.6) is 5.75 Å². The number of halogens is 1. The summed E-state index contributed by atoms with van der Waals surface area (Å²) in [7, 11) is 0. The Morgan fingerprint density at radius 1 is 0.968 bits per heavy atom. The molecule has 0 radical (unpaired) electrons. The number of benzene rings is 3. The van der Waals surface area contributed by atoms with Crippen LogP contribution in [0.1, 0.15) is 22.3 Å². The van der Waals surface area contributed by atoms with E-state index in [-0.39, 0.29) is 12.4 Å². The van der Waals surface area contributed by atoms with Gasteiger partial charge in [0.25, 0.3) is 0 Å². The Balaban J connectivity index is 1.57. The number of nitrogens with one attached hydrogen (secondary N) is 2. The predicted octanol–water partition coefficient (Wildman–Crippen LogP) is 4.11. The number of aryl methyl sites for hydroxylation is 2. The molecule has 2 amide bonds. The van der Waals surface area contributed by atoms with Gasteiger partial charge in [-0.05, 0) is 66.9 Å². The van der Waals surface area contributed by atoms with Gasteiger partial charge >= 0.3 is 11.8 Å². The molecule has 0 heterocycles. The van der Waals surface area contributed by atoms with E-state index in [4.69, 9.17) is 4.74 Å². The number of hydrogen-bond donors (Lipinski definition) is 2. The van der Waals surface area contributed by atoms with Gasteiger partial charge in [0.1, 0.15) is 18.2 Å². The highest BCUT2D eigenvalue weighted by Gasteiger charge is 2.13. The summed E-state index contributed by atoms with van der Waals surface area (Å²) in [5.74, 6) is -1.49. The third-order valence-electron chi connectivity index (χ3n) is 4.57. The summed E-state index contributed by atoms with van der Waals surface area (Å²) >= 11 is 0. The maximum Gasteiger partial charge on any atom is 0.329 e. The van der Waals surface area contributed by atoms with E-state index >= 15 is 0 Å². The minimum Gasteiger partial charge on any atom is -0.488 e. The van der Waals surface area contributed by atoms with Crippen molar-refractivity contribution in [3.8, 4) is 5.75 Å². The minimum atomic E-state index is -0.890. The Hall–Kier alpha value is -4.00. The molecule has 7 heteroatoms. The Morgan fingerprint density at radius 3 is 2.45 bits per heavy atom. The number of para-hydroxylation sites is 1. The van der Waals surface area contributed by atoms with Crippen molar-refractivity contribution in [1.29, 1.82) is 0 Å². The smallest absolute Gasteiger partial charge is 0.329 e. The normalized spacial score (nSPS) is 10.7. The zero-order chi connectivity index (χ0) is 22.2. The molecular weight excluding hydrogens is 397 g/mol. The van der Waals surface area contributed by atoms with Crippen LogP contribution in [0.3, 0.4) is 0 Å². The molecule has 2 N–H and O–H groups in total. The van der Waals surface area contributed by atoms with Gasteiger partial charge in [-0.1, -0.05) is 30.3 Å². The van der Waals surface area contributed by atoms with Crippen molar-refractivity contribution in [3.63, 3.8) is 0 Å². The van der Waals surface area contributed by atoms with Crippen molar-refractivity contribution in [2.75, 3.05) is 5.32 Å². The van der Waals surface area contributed by atoms with Gasteiger partial charge in [-0.2, -0.15) is 5.10 Å². The fraction of sp³-hybridized carbons (Fsp3) is 0.125. The molecule has 0 aromatic heterocycles. The van der Waals surface area contributed by atoms with Crippen molar-refractivity contribution in [3.05, 3.63) is 94.8 Å². The first kappa shape index (κ1) is 21.7. The molecule has 31 heavy (non-hydrogen) atoms. The average Bonchev–Trinajstić information content (AvgIpc) is 2.76. The number of carbonyl (C=O) groups is 2. The molecule has 0 saturated heterocycles. The van der Waals surface area contributed by atoms with Crippen molar-refractivity contribution < 1.29 is 18.7 Å². The van der Waals surface area contributed by atoms with Crippen molar-refractivity contribution in [2.45, 2.75) is 20.5 Å². The van der Waals surface area contributed by atoms with Crippen LogP contribution in [0.15, 0.2) is 71.8 Å². The van der Waals surface area contributed by atoms with E-state index in [0.717, 1.165) is 16.7 Å². The number of amides is 2. The molecule has 0 unspecified atom stereocenters. The van der Waals surface area contributed by atoms with Crippen molar-refractivity contribution in [2.24, 2.45) is 5.10 Å². The largest absolute Gasteiger partial charge is 0.488 e. The first-order valence-electron chi connectivity index (χ1n) is 9.60. The van der Waals surface area contributed by atoms with Crippen LogP contribution in [0.2, 0.25) is 0 Å². The van der Waals surface area contributed by atoms with Crippen molar-refractivity contribution >= 4 is 23.7 Å². The first-order valence-corrected chi connectivity index (χ1v) is 9.60. The lowest BCUT2D eigenvalue weighted by Crippen LogP contribution is -2.32. The molecule has 0 atom stereocenters. The van der Waals surface area contributed by atoms with Crippen LogP contribution < -0.4 is 15.5 Å². The van der Waals surface area contributed by atoms with Crippen LogP contribution in [0, 0.1) is 19.7 Å². The summed E-state index contributed by atoms with van der Waals surface area (Å²) in [6, 6.07) is 18.5. The molecule has 3 aromatic rings. The average molecular weight is 419 g/mol. The maximum atomic E-state index is 13.0. The van der Waals surface area contributed by atoms with Gasteiger partial charge in [0, 0.05) is 11.3 Å². The number of rotatable bonds is 6. The lowest BCUT2D eigenvalue weighted by molar-refractivity contribution is -0.136. The van der Waals surface area contributed by atoms with E-state index in [0.29, 0.717) is 17.0 Å². The topological polar surface area (TPSA) is 79.8 Å². The van der Waals surface area contributed by atoms with E-state index in [1.807, 2.05) is 19.9 Å². The second-order valence-corrected chi connectivity index (χ2v) is 6.91. The van der Waals surface area contributed by atoms with Crippen LogP contribution in [0.4, 0.5) is 10.1 Å². The second kappa shape index (κ2) is 10.2. The molecule has 0 aliphatic carbocycles. The third-order valence-corrected chi connectivity index (χ3v) is 4.57. The predicted molar refractivity (Wildman–Crippen MR) is 117 cm³/mol. The molecule has 6 nitrogen and oxygen atoms in total. The zero-order valence-electron chi connectivity index (χ0n) is 17.2. The van der Waals surface area contributed by atoms with E-state index in [2.05, 4.69) is 15.8 Å². The Bertz CT molecular complexity index is 1110. The van der Waals surface area contributed by atoms with Gasteiger partial charge in [-0.15, -0.1) is 0 Å². The maximum absolute atomic E-state index is 13.0. The van der Waals surface area contributed by atoms with Crippen LogP contribution in [-0.4, -0.2) is 18.0 Å². The van der Waals surface area contributed by atoms with Gasteiger partial charge in [0.2, 0.25) is 0 Å². The van der Waals surface area contributed by atoms with Crippen LogP contribution in [0.25, 0.3) is 0 Å². The number of nitrogens with zero attached hydrogens (tertiary/aromatic N) is 1. The van der Waals surface area contributed by atoms with Gasteiger partial charge in [-0.25, -0.2) is 9.82 Å². The molecule has 0 aliphatic heterocycles. The molecule has 0 spiro atoms. The highest BCUT2D eigenvalue weighted by Crippen LogP contribution is 2.18. The molecule has 0 aliphatic rings. The Labute approximate surface area is 179 Å². The monoisotopic (exact) mass is 419 g/mol. The number of anilines is 1. The minimum absolute atomic E-state index is 0.246. The summed E-state index contributed by atoms with van der Waals surface area (Å²) in [5, 5.41) is 6.38. The van der Waals surface area contributed by atoms with Gasteiger partial charge in [0.15, 0.2) is 0 Å². The Morgan fingerprint density at radius 2 is 1.71 bits per heavy atom. The molecule has 3 aromatic carbocycles. The molecule has 0 saturated carbocycles. The number of hydrazone groups is 1. The molecule has 158 valence electrons. The fourth-order valence-corrected chi connectivity index (χ4v) is 2.68. The SMILES string of the molecule is Cc1ccc(NC(=O)C(=O)N/N=C\c2ccccc2OCc2ccc(F)cc2)cc1C. The summed E-state index contributed by atoms with van der Waals surface area (Å²) in [5.41, 5.74) is 6.26. The summed E-state index contributed by atoms with van der Waals surface area (Å²) < 4.78 is 18.8. The number of carbonyl (C=O) groups excluding carboxylic acids is 2.